The van der Waals surface area contributed by atoms with E-state index in [1.165, 1.54) is 0 Å². The Kier molecular flexibility index (Phi) is 4.45. The smallest absolute Gasteiger partial charge is 0.320 e. The molecule has 0 radical (unpaired) electrons. The van der Waals surface area contributed by atoms with Gasteiger partial charge in [-0.15, -0.1) is 0 Å². The summed E-state index contributed by atoms with van der Waals surface area (Å²) < 4.78 is 0. The van der Waals surface area contributed by atoms with Gasteiger partial charge in [-0.2, -0.15) is 0 Å². The lowest BCUT2D eigenvalue weighted by atomic mass is 10.1. The monoisotopic (exact) mass is 158 g/mol. The summed E-state index contributed by atoms with van der Waals surface area (Å²) in [5.41, 5.74) is 5.78. The second-order valence-corrected chi connectivity index (χ2v) is 2.44. The molecule has 0 fully saturated rings. The Labute approximate surface area is 65.9 Å². The van der Waals surface area contributed by atoms with Gasteiger partial charge in [0, 0.05) is 5.71 Å². The van der Waals surface area contributed by atoms with Gasteiger partial charge in [0.15, 0.2) is 0 Å². The van der Waals surface area contributed by atoms with Crippen LogP contribution < -0.4 is 5.73 Å². The molecule has 0 aliphatic carbocycles. The number of carboxylic acids is 1. The maximum Gasteiger partial charge on any atom is 0.320 e. The first-order valence-electron chi connectivity index (χ1n) is 3.62. The zero-order chi connectivity index (χ0) is 8.85. The fourth-order valence-corrected chi connectivity index (χ4v) is 0.630. The Morgan fingerprint density at radius 2 is 2.27 bits per heavy atom. The standard InChI is InChI=1S/C7H14N2O2/c1-2-5(8)3-4-6(9)7(10)11/h6,8H,2-4,9H2,1H3,(H,10,11)/t6-/m0/s1. The molecule has 0 aromatic rings. The van der Waals surface area contributed by atoms with Crippen LogP contribution in [0.25, 0.3) is 0 Å². The zero-order valence-electron chi connectivity index (χ0n) is 6.63. The minimum atomic E-state index is -0.992. The molecule has 0 saturated heterocycles. The number of aliphatic carboxylic acids is 1. The lowest BCUT2D eigenvalue weighted by Gasteiger charge is -2.04. The molecule has 1 atom stereocenters. The van der Waals surface area contributed by atoms with Crippen LogP contribution in [-0.4, -0.2) is 22.8 Å². The molecule has 0 rings (SSSR count). The third kappa shape index (κ3) is 4.50. The topological polar surface area (TPSA) is 87.2 Å². The second kappa shape index (κ2) is 4.85. The van der Waals surface area contributed by atoms with Crippen molar-refractivity contribution >= 4 is 11.7 Å². The summed E-state index contributed by atoms with van der Waals surface area (Å²) in [6.07, 6.45) is 1.53. The van der Waals surface area contributed by atoms with Gasteiger partial charge in [-0.3, -0.25) is 4.79 Å². The van der Waals surface area contributed by atoms with Crippen LogP contribution >= 0.6 is 0 Å². The van der Waals surface area contributed by atoms with Gasteiger partial charge in [-0.1, -0.05) is 6.92 Å². The maximum absolute atomic E-state index is 10.2. The van der Waals surface area contributed by atoms with E-state index in [0.717, 1.165) is 0 Å². The SMILES string of the molecule is CCC(=N)CC[C@H](N)C(=O)O. The second-order valence-electron chi connectivity index (χ2n) is 2.44. The van der Waals surface area contributed by atoms with Crippen molar-refractivity contribution in [2.45, 2.75) is 32.2 Å². The number of rotatable bonds is 5. The normalized spacial score (nSPS) is 12.5. The summed E-state index contributed by atoms with van der Waals surface area (Å²) >= 11 is 0. The molecule has 0 bridgehead atoms. The van der Waals surface area contributed by atoms with Crippen LogP contribution in [0.2, 0.25) is 0 Å². The maximum atomic E-state index is 10.2. The summed E-state index contributed by atoms with van der Waals surface area (Å²) in [5, 5.41) is 15.6. The van der Waals surface area contributed by atoms with Gasteiger partial charge in [0.25, 0.3) is 0 Å². The number of carboxylic acid groups (broad SMARTS) is 1. The number of hydrogen-bond donors (Lipinski definition) is 3. The van der Waals surface area contributed by atoms with Crippen LogP contribution in [-0.2, 0) is 4.79 Å². The highest BCUT2D eigenvalue weighted by atomic mass is 16.4. The van der Waals surface area contributed by atoms with Crippen molar-refractivity contribution in [2.75, 3.05) is 0 Å². The minimum Gasteiger partial charge on any atom is -0.480 e. The van der Waals surface area contributed by atoms with E-state index in [-0.39, 0.29) is 0 Å². The van der Waals surface area contributed by atoms with E-state index in [1.54, 1.807) is 0 Å². The molecule has 11 heavy (non-hydrogen) atoms. The molecule has 0 heterocycles. The molecule has 0 aromatic carbocycles. The molecule has 0 aromatic heterocycles. The van der Waals surface area contributed by atoms with E-state index >= 15 is 0 Å². The lowest BCUT2D eigenvalue weighted by molar-refractivity contribution is -0.138. The summed E-state index contributed by atoms with van der Waals surface area (Å²) in [6, 6.07) is -0.818. The molecule has 0 spiro atoms. The van der Waals surface area contributed by atoms with Crippen LogP contribution in [0.15, 0.2) is 0 Å². The van der Waals surface area contributed by atoms with Crippen molar-refractivity contribution in [3.63, 3.8) is 0 Å². The number of hydrogen-bond acceptors (Lipinski definition) is 3. The minimum absolute atomic E-state index is 0.363. The van der Waals surface area contributed by atoms with Crippen LogP contribution in [0.3, 0.4) is 0 Å². The molecule has 4 heteroatoms. The van der Waals surface area contributed by atoms with Crippen LogP contribution in [0.1, 0.15) is 26.2 Å². The predicted octanol–water partition coefficient (Wildman–Crippen LogP) is 0.608. The third-order valence-corrected chi connectivity index (χ3v) is 1.50. The fraction of sp³-hybridized carbons (Fsp3) is 0.714. The van der Waals surface area contributed by atoms with Gasteiger partial charge in [-0.05, 0) is 19.3 Å². The van der Waals surface area contributed by atoms with Gasteiger partial charge in [0.05, 0.1) is 0 Å². The number of carbonyl (C=O) groups is 1. The van der Waals surface area contributed by atoms with Gasteiger partial charge < -0.3 is 16.2 Å². The molecule has 0 aliphatic heterocycles. The predicted molar refractivity (Wildman–Crippen MR) is 42.9 cm³/mol. The first kappa shape index (κ1) is 10.1. The molecule has 0 saturated carbocycles. The zero-order valence-corrected chi connectivity index (χ0v) is 6.63. The highest BCUT2D eigenvalue weighted by Gasteiger charge is 2.10. The summed E-state index contributed by atoms with van der Waals surface area (Å²) in [5.74, 6) is -0.992. The van der Waals surface area contributed by atoms with Crippen molar-refractivity contribution < 1.29 is 9.90 Å². The van der Waals surface area contributed by atoms with Crippen molar-refractivity contribution in [1.29, 1.82) is 5.41 Å². The Bertz CT molecular complexity index is 157. The Balaban J connectivity index is 3.54. The van der Waals surface area contributed by atoms with Gasteiger partial charge in [0.2, 0.25) is 0 Å². The fourth-order valence-electron chi connectivity index (χ4n) is 0.630. The van der Waals surface area contributed by atoms with Gasteiger partial charge >= 0.3 is 5.97 Å². The summed E-state index contributed by atoms with van der Waals surface area (Å²) in [6.45, 7) is 1.87. The molecule has 0 aliphatic rings. The Morgan fingerprint density at radius 1 is 1.73 bits per heavy atom. The van der Waals surface area contributed by atoms with Crippen molar-refractivity contribution in [1.82, 2.24) is 0 Å². The van der Waals surface area contributed by atoms with E-state index < -0.39 is 12.0 Å². The van der Waals surface area contributed by atoms with E-state index in [1.807, 2.05) is 6.92 Å². The molecule has 64 valence electrons. The molecule has 0 amide bonds. The van der Waals surface area contributed by atoms with Crippen molar-refractivity contribution in [2.24, 2.45) is 5.73 Å². The van der Waals surface area contributed by atoms with Crippen LogP contribution in [0.4, 0.5) is 0 Å². The molecule has 4 nitrogen and oxygen atoms in total. The lowest BCUT2D eigenvalue weighted by Crippen LogP contribution is -2.30. The summed E-state index contributed by atoms with van der Waals surface area (Å²) in [4.78, 5) is 10.2. The van der Waals surface area contributed by atoms with E-state index in [0.29, 0.717) is 25.0 Å². The quantitative estimate of drug-likeness (QED) is 0.512. The van der Waals surface area contributed by atoms with E-state index in [4.69, 9.17) is 16.2 Å². The van der Waals surface area contributed by atoms with E-state index in [9.17, 15) is 4.79 Å². The molecule has 0 unspecified atom stereocenters. The average molecular weight is 158 g/mol. The molecular formula is C7H14N2O2. The van der Waals surface area contributed by atoms with Crippen LogP contribution in [0.5, 0.6) is 0 Å². The Hall–Kier alpha value is -0.900. The summed E-state index contributed by atoms with van der Waals surface area (Å²) in [7, 11) is 0. The van der Waals surface area contributed by atoms with Crippen molar-refractivity contribution in [3.05, 3.63) is 0 Å². The first-order valence-corrected chi connectivity index (χ1v) is 3.62. The average Bonchev–Trinajstić information content (AvgIpc) is 1.99. The highest BCUT2D eigenvalue weighted by molar-refractivity contribution is 5.82. The molecular weight excluding hydrogens is 144 g/mol. The first-order chi connectivity index (χ1) is 5.07. The van der Waals surface area contributed by atoms with Gasteiger partial charge in [-0.25, -0.2) is 0 Å². The number of nitrogens with two attached hydrogens (primary N) is 1. The van der Waals surface area contributed by atoms with Gasteiger partial charge in [0.1, 0.15) is 6.04 Å². The van der Waals surface area contributed by atoms with Crippen LogP contribution in [0, 0.1) is 5.41 Å². The van der Waals surface area contributed by atoms with E-state index in [2.05, 4.69) is 0 Å². The molecule has 4 N–H and O–H groups in total. The Morgan fingerprint density at radius 3 is 2.64 bits per heavy atom. The highest BCUT2D eigenvalue weighted by Crippen LogP contribution is 1.98. The number of nitrogens with one attached hydrogen (secondary N) is 1. The largest absolute Gasteiger partial charge is 0.480 e. The third-order valence-electron chi connectivity index (χ3n) is 1.50. The van der Waals surface area contributed by atoms with Crippen molar-refractivity contribution in [3.8, 4) is 0 Å².